The monoisotopic (exact) mass is 291 g/mol. The predicted molar refractivity (Wildman–Crippen MR) is 81.0 cm³/mol. The van der Waals surface area contributed by atoms with Gasteiger partial charge in [-0.15, -0.1) is 0 Å². The lowest BCUT2D eigenvalue weighted by atomic mass is 10.0. The fourth-order valence-corrected chi connectivity index (χ4v) is 1.71. The van der Waals surface area contributed by atoms with Crippen molar-refractivity contribution in [2.24, 2.45) is 0 Å². The maximum absolute atomic E-state index is 11.7. The first-order valence-electron chi connectivity index (χ1n) is 6.64. The van der Waals surface area contributed by atoms with Gasteiger partial charge in [-0.05, 0) is 30.0 Å². The molecule has 0 aliphatic heterocycles. The lowest BCUT2D eigenvalue weighted by Gasteiger charge is -2.14. The van der Waals surface area contributed by atoms with Gasteiger partial charge in [0.05, 0.1) is 20.3 Å². The molecule has 0 aliphatic rings. The van der Waals surface area contributed by atoms with Crippen LogP contribution in [0.25, 0.3) is 0 Å². The highest BCUT2D eigenvalue weighted by Gasteiger charge is 2.14. The summed E-state index contributed by atoms with van der Waals surface area (Å²) in [5.74, 6) is -0.896. The molecule has 1 rings (SSSR count). The number of esters is 2. The van der Waals surface area contributed by atoms with Crippen molar-refractivity contribution >= 4 is 17.6 Å². The topological polar surface area (TPSA) is 64.6 Å². The number of hydrogen-bond acceptors (Lipinski definition) is 5. The van der Waals surface area contributed by atoms with Crippen LogP contribution in [0.15, 0.2) is 30.0 Å². The predicted octanol–water partition coefficient (Wildman–Crippen LogP) is 2.76. The summed E-state index contributed by atoms with van der Waals surface area (Å²) in [5, 5.41) is 2.94. The van der Waals surface area contributed by atoms with Crippen LogP contribution >= 0.6 is 0 Å². The minimum atomic E-state index is -0.630. The molecule has 0 fully saturated rings. The molecule has 0 atom stereocenters. The molecule has 114 valence electrons. The SMILES string of the molecule is COC(=O)/C=C(/Nc1cc(C(C)C)ccc1C)C(=O)OC. The molecule has 0 aliphatic carbocycles. The van der Waals surface area contributed by atoms with Gasteiger partial charge in [0.25, 0.3) is 0 Å². The van der Waals surface area contributed by atoms with Crippen LogP contribution in [0, 0.1) is 6.92 Å². The molecular weight excluding hydrogens is 270 g/mol. The highest BCUT2D eigenvalue weighted by Crippen LogP contribution is 2.23. The van der Waals surface area contributed by atoms with E-state index in [1.807, 2.05) is 25.1 Å². The van der Waals surface area contributed by atoms with Crippen LogP contribution in [-0.4, -0.2) is 26.2 Å². The van der Waals surface area contributed by atoms with E-state index in [-0.39, 0.29) is 5.70 Å². The van der Waals surface area contributed by atoms with Gasteiger partial charge in [-0.3, -0.25) is 0 Å². The van der Waals surface area contributed by atoms with Gasteiger partial charge in [-0.1, -0.05) is 26.0 Å². The molecule has 1 aromatic carbocycles. The molecule has 5 nitrogen and oxygen atoms in total. The second-order valence-electron chi connectivity index (χ2n) is 4.93. The Morgan fingerprint density at radius 1 is 1.19 bits per heavy atom. The van der Waals surface area contributed by atoms with E-state index in [2.05, 4.69) is 28.6 Å². The third-order valence-electron chi connectivity index (χ3n) is 3.07. The number of methoxy groups -OCH3 is 2. The molecule has 0 bridgehead atoms. The van der Waals surface area contributed by atoms with Gasteiger partial charge in [0.15, 0.2) is 0 Å². The summed E-state index contributed by atoms with van der Waals surface area (Å²) in [7, 11) is 2.50. The van der Waals surface area contributed by atoms with Crippen molar-refractivity contribution in [3.8, 4) is 0 Å². The molecule has 1 N–H and O–H groups in total. The summed E-state index contributed by atoms with van der Waals surface area (Å²) in [6.07, 6.45) is 1.08. The number of hydrogen-bond donors (Lipinski definition) is 1. The molecule has 1 aromatic rings. The Balaban J connectivity index is 3.14. The lowest BCUT2D eigenvalue weighted by Crippen LogP contribution is -2.16. The second-order valence-corrected chi connectivity index (χ2v) is 4.93. The van der Waals surface area contributed by atoms with Crippen molar-refractivity contribution in [2.45, 2.75) is 26.7 Å². The average molecular weight is 291 g/mol. The number of ether oxygens (including phenoxy) is 2. The molecule has 0 spiro atoms. The van der Waals surface area contributed by atoms with Crippen molar-refractivity contribution in [3.63, 3.8) is 0 Å². The number of aryl methyl sites for hydroxylation is 1. The van der Waals surface area contributed by atoms with Crippen LogP contribution in [0.1, 0.15) is 30.9 Å². The molecule has 0 radical (unpaired) electrons. The number of nitrogens with one attached hydrogen (secondary N) is 1. The average Bonchev–Trinajstić information content (AvgIpc) is 2.47. The maximum atomic E-state index is 11.7. The van der Waals surface area contributed by atoms with Crippen LogP contribution in [-0.2, 0) is 19.1 Å². The van der Waals surface area contributed by atoms with Crippen LogP contribution in [0.5, 0.6) is 0 Å². The van der Waals surface area contributed by atoms with Crippen molar-refractivity contribution < 1.29 is 19.1 Å². The first kappa shape index (κ1) is 16.8. The Morgan fingerprint density at radius 2 is 1.86 bits per heavy atom. The molecule has 0 unspecified atom stereocenters. The zero-order valence-corrected chi connectivity index (χ0v) is 13.0. The molecular formula is C16H21NO4. The van der Waals surface area contributed by atoms with E-state index >= 15 is 0 Å². The summed E-state index contributed by atoms with van der Waals surface area (Å²) in [6.45, 7) is 6.08. The van der Waals surface area contributed by atoms with Gasteiger partial charge >= 0.3 is 11.9 Å². The van der Waals surface area contributed by atoms with E-state index in [0.717, 1.165) is 22.9 Å². The van der Waals surface area contributed by atoms with Crippen LogP contribution in [0.4, 0.5) is 5.69 Å². The van der Waals surface area contributed by atoms with E-state index in [0.29, 0.717) is 5.92 Å². The van der Waals surface area contributed by atoms with E-state index in [1.165, 1.54) is 14.2 Å². The number of benzene rings is 1. The largest absolute Gasteiger partial charge is 0.466 e. The van der Waals surface area contributed by atoms with Gasteiger partial charge in [-0.25, -0.2) is 9.59 Å². The lowest BCUT2D eigenvalue weighted by molar-refractivity contribution is -0.138. The Morgan fingerprint density at radius 3 is 2.38 bits per heavy atom. The fraction of sp³-hybridized carbons (Fsp3) is 0.375. The highest BCUT2D eigenvalue weighted by atomic mass is 16.5. The quantitative estimate of drug-likeness (QED) is 0.667. The smallest absolute Gasteiger partial charge is 0.354 e. The third-order valence-corrected chi connectivity index (χ3v) is 3.07. The summed E-state index contributed by atoms with van der Waals surface area (Å²) >= 11 is 0. The van der Waals surface area contributed by atoms with Crippen molar-refractivity contribution in [1.29, 1.82) is 0 Å². The number of rotatable bonds is 5. The van der Waals surface area contributed by atoms with Crippen molar-refractivity contribution in [3.05, 3.63) is 41.1 Å². The van der Waals surface area contributed by atoms with E-state index < -0.39 is 11.9 Å². The summed E-state index contributed by atoms with van der Waals surface area (Å²) in [4.78, 5) is 23.1. The highest BCUT2D eigenvalue weighted by molar-refractivity contribution is 5.98. The molecule has 0 aromatic heterocycles. The number of carbonyl (C=O) groups excluding carboxylic acids is 2. The normalized spacial score (nSPS) is 11.2. The van der Waals surface area contributed by atoms with Gasteiger partial charge < -0.3 is 14.8 Å². The molecule has 5 heteroatoms. The van der Waals surface area contributed by atoms with E-state index in [9.17, 15) is 9.59 Å². The van der Waals surface area contributed by atoms with E-state index in [1.54, 1.807) is 0 Å². The molecule has 0 saturated carbocycles. The van der Waals surface area contributed by atoms with Crippen LogP contribution in [0.2, 0.25) is 0 Å². The summed E-state index contributed by atoms with van der Waals surface area (Å²) in [6, 6.07) is 5.95. The minimum absolute atomic E-state index is 0.0355. The first-order valence-corrected chi connectivity index (χ1v) is 6.64. The Labute approximate surface area is 124 Å². The standard InChI is InChI=1S/C16H21NO4/c1-10(2)12-7-6-11(3)13(8-12)17-14(16(19)21-5)9-15(18)20-4/h6-10,17H,1-5H3/b14-9+. The van der Waals surface area contributed by atoms with Crippen molar-refractivity contribution in [1.82, 2.24) is 0 Å². The molecule has 0 amide bonds. The van der Waals surface area contributed by atoms with Gasteiger partial charge in [0.2, 0.25) is 0 Å². The van der Waals surface area contributed by atoms with E-state index in [4.69, 9.17) is 0 Å². The molecule has 21 heavy (non-hydrogen) atoms. The Hall–Kier alpha value is -2.30. The van der Waals surface area contributed by atoms with Gasteiger partial charge in [0.1, 0.15) is 5.70 Å². The second kappa shape index (κ2) is 7.47. The molecule has 0 heterocycles. The Bertz CT molecular complexity index is 561. The van der Waals surface area contributed by atoms with Gasteiger partial charge in [-0.2, -0.15) is 0 Å². The summed E-state index contributed by atoms with van der Waals surface area (Å²) in [5.41, 5.74) is 2.87. The summed E-state index contributed by atoms with van der Waals surface area (Å²) < 4.78 is 9.21. The molecule has 0 saturated heterocycles. The first-order chi connectivity index (χ1) is 9.88. The Kier molecular flexibility index (Phi) is 5.96. The maximum Gasteiger partial charge on any atom is 0.354 e. The van der Waals surface area contributed by atoms with Crippen LogP contribution in [0.3, 0.4) is 0 Å². The van der Waals surface area contributed by atoms with Crippen LogP contribution < -0.4 is 5.32 Å². The van der Waals surface area contributed by atoms with Crippen molar-refractivity contribution in [2.75, 3.05) is 19.5 Å². The number of carbonyl (C=O) groups is 2. The minimum Gasteiger partial charge on any atom is -0.466 e. The van der Waals surface area contributed by atoms with Gasteiger partial charge in [0, 0.05) is 5.69 Å². The third kappa shape index (κ3) is 4.63. The fourth-order valence-electron chi connectivity index (χ4n) is 1.71. The zero-order valence-electron chi connectivity index (χ0n) is 13.0. The number of anilines is 1. The zero-order chi connectivity index (χ0) is 16.0.